The van der Waals surface area contributed by atoms with Crippen molar-refractivity contribution >= 4 is 17.4 Å². The lowest BCUT2D eigenvalue weighted by molar-refractivity contribution is 0.0983. The van der Waals surface area contributed by atoms with Gasteiger partial charge in [0, 0.05) is 18.3 Å². The van der Waals surface area contributed by atoms with Crippen LogP contribution < -0.4 is 10.2 Å². The van der Waals surface area contributed by atoms with E-state index in [1.54, 1.807) is 17.2 Å². The molecule has 3 rings (SSSR count). The lowest BCUT2D eigenvalue weighted by Gasteiger charge is -2.20. The number of para-hydroxylation sites is 1. The van der Waals surface area contributed by atoms with Gasteiger partial charge in [0.25, 0.3) is 5.91 Å². The van der Waals surface area contributed by atoms with Gasteiger partial charge in [0.1, 0.15) is 23.6 Å². The van der Waals surface area contributed by atoms with Crippen LogP contribution in [0.15, 0.2) is 65.5 Å². The standard InChI is InChI=1S/C18H18N4O2/c1-2-22(14-7-4-3-5-8-14)18(23)16-11-17(21-13-20-16)19-12-15-9-6-10-24-15/h3-11,13H,2,12H2,1H3,(H,19,20,21). The molecule has 0 saturated carbocycles. The molecule has 1 N–H and O–H groups in total. The van der Waals surface area contributed by atoms with Crippen LogP contribution in [-0.2, 0) is 6.54 Å². The first-order chi connectivity index (χ1) is 11.8. The Bertz CT molecular complexity index is 788. The molecule has 1 amide bonds. The fraction of sp³-hybridized carbons (Fsp3) is 0.167. The van der Waals surface area contributed by atoms with Crippen LogP contribution in [-0.4, -0.2) is 22.4 Å². The molecule has 24 heavy (non-hydrogen) atoms. The van der Waals surface area contributed by atoms with Crippen molar-refractivity contribution in [2.24, 2.45) is 0 Å². The van der Waals surface area contributed by atoms with E-state index in [0.717, 1.165) is 11.4 Å². The molecule has 0 aliphatic carbocycles. The number of carbonyl (C=O) groups is 1. The van der Waals surface area contributed by atoms with Gasteiger partial charge < -0.3 is 14.6 Å². The van der Waals surface area contributed by atoms with Crippen LogP contribution in [0.2, 0.25) is 0 Å². The molecule has 0 saturated heterocycles. The maximum atomic E-state index is 12.8. The molecule has 0 unspecified atom stereocenters. The average Bonchev–Trinajstić information content (AvgIpc) is 3.15. The molecule has 0 bridgehead atoms. The minimum Gasteiger partial charge on any atom is -0.467 e. The molecule has 6 nitrogen and oxygen atoms in total. The highest BCUT2D eigenvalue weighted by Crippen LogP contribution is 2.17. The fourth-order valence-electron chi connectivity index (χ4n) is 2.35. The number of benzene rings is 1. The Balaban J connectivity index is 1.75. The normalized spacial score (nSPS) is 10.4. The predicted molar refractivity (Wildman–Crippen MR) is 91.9 cm³/mol. The van der Waals surface area contributed by atoms with E-state index >= 15 is 0 Å². The topological polar surface area (TPSA) is 71.3 Å². The minimum atomic E-state index is -0.160. The molecule has 3 aromatic rings. The fourth-order valence-corrected chi connectivity index (χ4v) is 2.35. The number of amides is 1. The van der Waals surface area contributed by atoms with Crippen LogP contribution in [0.5, 0.6) is 0 Å². The van der Waals surface area contributed by atoms with E-state index in [0.29, 0.717) is 24.6 Å². The molecule has 2 heterocycles. The summed E-state index contributed by atoms with van der Waals surface area (Å²) in [7, 11) is 0. The van der Waals surface area contributed by atoms with E-state index in [9.17, 15) is 4.79 Å². The molecule has 2 aromatic heterocycles. The molecule has 0 spiro atoms. The van der Waals surface area contributed by atoms with Crippen molar-refractivity contribution in [3.05, 3.63) is 72.6 Å². The van der Waals surface area contributed by atoms with Gasteiger partial charge in [-0.05, 0) is 31.2 Å². The largest absolute Gasteiger partial charge is 0.467 e. The summed E-state index contributed by atoms with van der Waals surface area (Å²) in [6, 6.07) is 14.9. The summed E-state index contributed by atoms with van der Waals surface area (Å²) < 4.78 is 5.27. The van der Waals surface area contributed by atoms with Crippen molar-refractivity contribution in [1.82, 2.24) is 9.97 Å². The first kappa shape index (κ1) is 15.7. The summed E-state index contributed by atoms with van der Waals surface area (Å²) in [6.07, 6.45) is 3.00. The third-order valence-electron chi connectivity index (χ3n) is 3.54. The highest BCUT2D eigenvalue weighted by Gasteiger charge is 2.17. The monoisotopic (exact) mass is 322 g/mol. The van der Waals surface area contributed by atoms with Gasteiger partial charge >= 0.3 is 0 Å². The van der Waals surface area contributed by atoms with Crippen molar-refractivity contribution in [1.29, 1.82) is 0 Å². The Morgan fingerprint density at radius 1 is 1.17 bits per heavy atom. The summed E-state index contributed by atoms with van der Waals surface area (Å²) in [5.74, 6) is 1.21. The van der Waals surface area contributed by atoms with Crippen molar-refractivity contribution in [2.75, 3.05) is 16.8 Å². The molecule has 0 aliphatic heterocycles. The Morgan fingerprint density at radius 2 is 2.00 bits per heavy atom. The van der Waals surface area contributed by atoms with Gasteiger partial charge in [-0.25, -0.2) is 9.97 Å². The van der Waals surface area contributed by atoms with Gasteiger partial charge in [-0.1, -0.05) is 18.2 Å². The molecule has 0 fully saturated rings. The smallest absolute Gasteiger partial charge is 0.277 e. The predicted octanol–water partition coefficient (Wildman–Crippen LogP) is 3.35. The lowest BCUT2D eigenvalue weighted by Crippen LogP contribution is -2.31. The van der Waals surface area contributed by atoms with Crippen LogP contribution in [0.4, 0.5) is 11.5 Å². The van der Waals surface area contributed by atoms with Crippen LogP contribution in [0, 0.1) is 0 Å². The number of hydrogen-bond donors (Lipinski definition) is 1. The maximum absolute atomic E-state index is 12.8. The number of hydrogen-bond acceptors (Lipinski definition) is 5. The Kier molecular flexibility index (Phi) is 4.86. The van der Waals surface area contributed by atoms with Crippen molar-refractivity contribution < 1.29 is 9.21 Å². The van der Waals surface area contributed by atoms with Gasteiger partial charge in [0.15, 0.2) is 0 Å². The second-order valence-corrected chi connectivity index (χ2v) is 5.11. The van der Waals surface area contributed by atoms with Gasteiger partial charge in [-0.2, -0.15) is 0 Å². The highest BCUT2D eigenvalue weighted by molar-refractivity contribution is 6.05. The molecule has 122 valence electrons. The first-order valence-corrected chi connectivity index (χ1v) is 7.73. The van der Waals surface area contributed by atoms with Crippen LogP contribution in [0.25, 0.3) is 0 Å². The van der Waals surface area contributed by atoms with Crippen molar-refractivity contribution in [3.8, 4) is 0 Å². The average molecular weight is 322 g/mol. The highest BCUT2D eigenvalue weighted by atomic mass is 16.3. The van der Waals surface area contributed by atoms with Gasteiger partial charge in [0.05, 0.1) is 12.8 Å². The Morgan fingerprint density at radius 3 is 2.71 bits per heavy atom. The molecule has 0 atom stereocenters. The zero-order chi connectivity index (χ0) is 16.8. The van der Waals surface area contributed by atoms with Crippen LogP contribution in [0.1, 0.15) is 23.2 Å². The number of aromatic nitrogens is 2. The summed E-state index contributed by atoms with van der Waals surface area (Å²) in [4.78, 5) is 22.7. The third-order valence-corrected chi connectivity index (χ3v) is 3.54. The number of nitrogens with one attached hydrogen (secondary N) is 1. The minimum absolute atomic E-state index is 0.160. The van der Waals surface area contributed by atoms with E-state index in [-0.39, 0.29) is 5.91 Å². The molecule has 0 radical (unpaired) electrons. The van der Waals surface area contributed by atoms with Crippen LogP contribution >= 0.6 is 0 Å². The van der Waals surface area contributed by atoms with E-state index in [1.165, 1.54) is 6.33 Å². The zero-order valence-electron chi connectivity index (χ0n) is 13.3. The number of furan rings is 1. The van der Waals surface area contributed by atoms with E-state index < -0.39 is 0 Å². The molecule has 1 aromatic carbocycles. The lowest BCUT2D eigenvalue weighted by atomic mass is 10.2. The van der Waals surface area contributed by atoms with E-state index in [1.807, 2.05) is 49.4 Å². The second-order valence-electron chi connectivity index (χ2n) is 5.11. The number of anilines is 2. The van der Waals surface area contributed by atoms with Gasteiger partial charge in [-0.15, -0.1) is 0 Å². The van der Waals surface area contributed by atoms with Crippen LogP contribution in [0.3, 0.4) is 0 Å². The van der Waals surface area contributed by atoms with E-state index in [2.05, 4.69) is 15.3 Å². The molecular formula is C18H18N4O2. The summed E-state index contributed by atoms with van der Waals surface area (Å²) in [5.41, 5.74) is 1.19. The molecule has 0 aliphatic rings. The quantitative estimate of drug-likeness (QED) is 0.753. The Hall–Kier alpha value is -3.15. The first-order valence-electron chi connectivity index (χ1n) is 7.73. The zero-order valence-corrected chi connectivity index (χ0v) is 13.3. The third kappa shape index (κ3) is 3.60. The molecule has 6 heteroatoms. The summed E-state index contributed by atoms with van der Waals surface area (Å²) in [6.45, 7) is 2.98. The van der Waals surface area contributed by atoms with Crippen molar-refractivity contribution in [2.45, 2.75) is 13.5 Å². The SMILES string of the molecule is CCN(C(=O)c1cc(NCc2ccco2)ncn1)c1ccccc1. The number of rotatable bonds is 6. The molecular weight excluding hydrogens is 304 g/mol. The second kappa shape index (κ2) is 7.41. The summed E-state index contributed by atoms with van der Waals surface area (Å²) >= 11 is 0. The van der Waals surface area contributed by atoms with Gasteiger partial charge in [-0.3, -0.25) is 4.79 Å². The maximum Gasteiger partial charge on any atom is 0.277 e. The van der Waals surface area contributed by atoms with Crippen molar-refractivity contribution in [3.63, 3.8) is 0 Å². The Labute approximate surface area is 140 Å². The van der Waals surface area contributed by atoms with E-state index in [4.69, 9.17) is 4.42 Å². The number of nitrogens with zero attached hydrogens (tertiary/aromatic N) is 3. The number of carbonyl (C=O) groups excluding carboxylic acids is 1. The van der Waals surface area contributed by atoms with Gasteiger partial charge in [0.2, 0.25) is 0 Å². The summed E-state index contributed by atoms with van der Waals surface area (Å²) in [5, 5.41) is 3.12.